The molecule has 2 unspecified atom stereocenters. The third-order valence-electron chi connectivity index (χ3n) is 4.26. The lowest BCUT2D eigenvalue weighted by Gasteiger charge is -2.30. The van der Waals surface area contributed by atoms with Gasteiger partial charge in [0, 0.05) is 18.9 Å². The minimum atomic E-state index is -0.180. The molecule has 0 fully saturated rings. The Kier molecular flexibility index (Phi) is 5.47. The summed E-state index contributed by atoms with van der Waals surface area (Å²) in [6, 6.07) is -0.0398. The highest BCUT2D eigenvalue weighted by Crippen LogP contribution is 2.26. The second kappa shape index (κ2) is 7.77. The summed E-state index contributed by atoms with van der Waals surface area (Å²) < 4.78 is 9.84. The Balaban J connectivity index is 1.69. The maximum atomic E-state index is 5.87. The molecule has 8 heteroatoms. The summed E-state index contributed by atoms with van der Waals surface area (Å²) in [6.45, 7) is 8.08. The highest BCUT2D eigenvalue weighted by atomic mass is 16.5. The molecule has 0 aromatic carbocycles. The zero-order valence-electron chi connectivity index (χ0n) is 15.2. The van der Waals surface area contributed by atoms with E-state index in [0.717, 1.165) is 38.2 Å². The largest absolute Gasteiger partial charge is 0.496 e. The van der Waals surface area contributed by atoms with Crippen molar-refractivity contribution in [2.45, 2.75) is 64.3 Å². The van der Waals surface area contributed by atoms with Gasteiger partial charge in [-0.2, -0.15) is 0 Å². The van der Waals surface area contributed by atoms with Crippen molar-refractivity contribution in [3.63, 3.8) is 0 Å². The average molecular weight is 345 g/mol. The van der Waals surface area contributed by atoms with Crippen LogP contribution in [0.4, 0.5) is 0 Å². The lowest BCUT2D eigenvalue weighted by molar-refractivity contribution is 0.0782. The van der Waals surface area contributed by atoms with E-state index < -0.39 is 0 Å². The Hall–Kier alpha value is -2.22. The number of imidazole rings is 1. The Morgan fingerprint density at radius 3 is 2.96 bits per heavy atom. The van der Waals surface area contributed by atoms with E-state index in [2.05, 4.69) is 57.2 Å². The van der Waals surface area contributed by atoms with Crippen LogP contribution in [-0.4, -0.2) is 42.4 Å². The molecule has 1 aliphatic rings. The molecular formula is C17H27N7O. The Morgan fingerprint density at radius 2 is 2.28 bits per heavy atom. The average Bonchev–Trinajstić information content (AvgIpc) is 3.26. The van der Waals surface area contributed by atoms with Gasteiger partial charge in [0.15, 0.2) is 5.82 Å². The number of rotatable bonds is 7. The van der Waals surface area contributed by atoms with Gasteiger partial charge in [-0.15, -0.1) is 5.10 Å². The van der Waals surface area contributed by atoms with Crippen LogP contribution in [0.5, 0.6) is 0 Å². The molecule has 136 valence electrons. The SMILES string of the molecule is CC(C)(C)n1nnnc1C(NCCCn1ccnc1)C1CCC=CO1. The first-order chi connectivity index (χ1) is 12.1. The van der Waals surface area contributed by atoms with Crippen LogP contribution in [0.3, 0.4) is 0 Å². The van der Waals surface area contributed by atoms with E-state index in [1.807, 2.05) is 17.2 Å². The van der Waals surface area contributed by atoms with Crippen molar-refractivity contribution in [1.82, 2.24) is 35.1 Å². The maximum Gasteiger partial charge on any atom is 0.172 e. The Morgan fingerprint density at radius 1 is 1.40 bits per heavy atom. The van der Waals surface area contributed by atoms with Crippen LogP contribution in [0, 0.1) is 0 Å². The zero-order valence-corrected chi connectivity index (χ0v) is 15.2. The molecule has 2 aromatic rings. The first-order valence-electron chi connectivity index (χ1n) is 8.84. The molecule has 0 saturated heterocycles. The first-order valence-corrected chi connectivity index (χ1v) is 8.84. The van der Waals surface area contributed by atoms with Crippen LogP contribution >= 0.6 is 0 Å². The number of nitrogens with zero attached hydrogens (tertiary/aromatic N) is 6. The third-order valence-corrected chi connectivity index (χ3v) is 4.26. The number of aromatic nitrogens is 6. The summed E-state index contributed by atoms with van der Waals surface area (Å²) in [6.07, 6.45) is 12.5. The van der Waals surface area contributed by atoms with Crippen molar-refractivity contribution < 1.29 is 4.74 Å². The lowest BCUT2D eigenvalue weighted by atomic mass is 10.0. The van der Waals surface area contributed by atoms with Gasteiger partial charge < -0.3 is 14.6 Å². The van der Waals surface area contributed by atoms with Crippen LogP contribution in [0.15, 0.2) is 31.1 Å². The van der Waals surface area contributed by atoms with Crippen molar-refractivity contribution >= 4 is 0 Å². The monoisotopic (exact) mass is 345 g/mol. The summed E-state index contributed by atoms with van der Waals surface area (Å²) in [5.41, 5.74) is -0.180. The maximum absolute atomic E-state index is 5.87. The molecule has 2 aromatic heterocycles. The third kappa shape index (κ3) is 4.45. The lowest BCUT2D eigenvalue weighted by Crippen LogP contribution is -2.39. The molecule has 25 heavy (non-hydrogen) atoms. The molecule has 0 spiro atoms. The van der Waals surface area contributed by atoms with Crippen LogP contribution in [0.2, 0.25) is 0 Å². The predicted octanol–water partition coefficient (Wildman–Crippen LogP) is 2.04. The van der Waals surface area contributed by atoms with Gasteiger partial charge in [0.05, 0.1) is 18.1 Å². The second-order valence-electron chi connectivity index (χ2n) is 7.33. The minimum absolute atomic E-state index is 0.0327. The van der Waals surface area contributed by atoms with Gasteiger partial charge in [0.25, 0.3) is 0 Å². The molecule has 8 nitrogen and oxygen atoms in total. The number of hydrogen-bond donors (Lipinski definition) is 1. The van der Waals surface area contributed by atoms with E-state index in [9.17, 15) is 0 Å². The van der Waals surface area contributed by atoms with Gasteiger partial charge in [0.1, 0.15) is 12.1 Å². The van der Waals surface area contributed by atoms with Crippen molar-refractivity contribution in [3.05, 3.63) is 36.9 Å². The fraction of sp³-hybridized carbons (Fsp3) is 0.647. The molecule has 3 rings (SSSR count). The van der Waals surface area contributed by atoms with Crippen LogP contribution in [0.1, 0.15) is 51.9 Å². The molecule has 0 amide bonds. The van der Waals surface area contributed by atoms with Gasteiger partial charge in [-0.1, -0.05) is 0 Å². The number of nitrogens with one attached hydrogen (secondary N) is 1. The van der Waals surface area contributed by atoms with Gasteiger partial charge >= 0.3 is 0 Å². The summed E-state index contributed by atoms with van der Waals surface area (Å²) in [4.78, 5) is 4.07. The summed E-state index contributed by atoms with van der Waals surface area (Å²) in [5.74, 6) is 0.829. The van der Waals surface area contributed by atoms with Crippen molar-refractivity contribution in [3.8, 4) is 0 Å². The number of ether oxygens (including phenoxy) is 1. The van der Waals surface area contributed by atoms with Crippen LogP contribution in [-0.2, 0) is 16.8 Å². The standard InChI is InChI=1S/C17H27N7O/c1-17(2,3)24-16(20-21-22-24)15(14-7-4-5-12-25-14)19-8-6-10-23-11-9-18-13-23/h5,9,11-15,19H,4,6-8,10H2,1-3H3. The van der Waals surface area contributed by atoms with Gasteiger partial charge in [-0.3, -0.25) is 0 Å². The molecule has 3 heterocycles. The topological polar surface area (TPSA) is 82.7 Å². The van der Waals surface area contributed by atoms with E-state index >= 15 is 0 Å². The van der Waals surface area contributed by atoms with Gasteiger partial charge in [0.2, 0.25) is 0 Å². The highest BCUT2D eigenvalue weighted by molar-refractivity contribution is 5.02. The van der Waals surface area contributed by atoms with E-state index in [1.165, 1.54) is 0 Å². The van der Waals surface area contributed by atoms with Gasteiger partial charge in [-0.05, 0) is 63.1 Å². The summed E-state index contributed by atoms with van der Waals surface area (Å²) in [7, 11) is 0. The Bertz CT molecular complexity index is 671. The number of hydrogen-bond acceptors (Lipinski definition) is 6. The van der Waals surface area contributed by atoms with Crippen molar-refractivity contribution in [2.24, 2.45) is 0 Å². The van der Waals surface area contributed by atoms with Crippen LogP contribution in [0.25, 0.3) is 0 Å². The van der Waals surface area contributed by atoms with E-state index in [0.29, 0.717) is 0 Å². The normalized spacial score (nSPS) is 18.9. The fourth-order valence-corrected chi connectivity index (χ4v) is 2.99. The summed E-state index contributed by atoms with van der Waals surface area (Å²) >= 11 is 0. The molecule has 0 aliphatic carbocycles. The van der Waals surface area contributed by atoms with E-state index in [-0.39, 0.29) is 17.7 Å². The van der Waals surface area contributed by atoms with E-state index in [4.69, 9.17) is 4.74 Å². The molecule has 0 bridgehead atoms. The Labute approximate surface area is 148 Å². The quantitative estimate of drug-likeness (QED) is 0.773. The molecule has 0 saturated carbocycles. The van der Waals surface area contributed by atoms with Crippen LogP contribution < -0.4 is 5.32 Å². The fourth-order valence-electron chi connectivity index (χ4n) is 2.99. The highest BCUT2D eigenvalue weighted by Gasteiger charge is 2.32. The molecule has 2 atom stereocenters. The smallest absolute Gasteiger partial charge is 0.172 e. The second-order valence-corrected chi connectivity index (χ2v) is 7.33. The number of allylic oxidation sites excluding steroid dienone is 1. The van der Waals surface area contributed by atoms with Crippen molar-refractivity contribution in [2.75, 3.05) is 6.54 Å². The molecule has 0 radical (unpaired) electrons. The van der Waals surface area contributed by atoms with Crippen molar-refractivity contribution in [1.29, 1.82) is 0 Å². The zero-order chi connectivity index (χ0) is 17.7. The molecule has 1 aliphatic heterocycles. The summed E-state index contributed by atoms with van der Waals surface area (Å²) in [5, 5.41) is 16.0. The predicted molar refractivity (Wildman–Crippen MR) is 93.6 cm³/mol. The minimum Gasteiger partial charge on any atom is -0.496 e. The number of aryl methyl sites for hydroxylation is 1. The molecular weight excluding hydrogens is 318 g/mol. The van der Waals surface area contributed by atoms with E-state index in [1.54, 1.807) is 12.5 Å². The molecule has 1 N–H and O–H groups in total. The van der Waals surface area contributed by atoms with Gasteiger partial charge in [-0.25, -0.2) is 9.67 Å². The first kappa shape index (κ1) is 17.6. The number of tetrazole rings is 1.